The number of fused-ring (bicyclic) bond motifs is 1. The number of benzene rings is 1. The summed E-state index contributed by atoms with van der Waals surface area (Å²) < 4.78 is 19.8. The fourth-order valence-electron chi connectivity index (χ4n) is 3.82. The SMILES string of the molecule is Cc1noc(-c2c(-c3ccccn3)c(CCNc3ncnc(N)c3C#N)nc3ccc(F)cc23)n1. The third-order valence-corrected chi connectivity index (χ3v) is 5.33. The van der Waals surface area contributed by atoms with Crippen LogP contribution in [0, 0.1) is 24.1 Å². The van der Waals surface area contributed by atoms with E-state index in [-0.39, 0.29) is 17.3 Å². The minimum Gasteiger partial charge on any atom is -0.382 e. The highest BCUT2D eigenvalue weighted by Gasteiger charge is 2.23. The number of rotatable bonds is 6. The van der Waals surface area contributed by atoms with E-state index in [1.165, 1.54) is 18.5 Å². The maximum atomic E-state index is 14.3. The van der Waals surface area contributed by atoms with Crippen LogP contribution in [-0.4, -0.2) is 36.6 Å². The molecule has 0 fully saturated rings. The first-order valence-electron chi connectivity index (χ1n) is 10.6. The van der Waals surface area contributed by atoms with Gasteiger partial charge in [0.05, 0.1) is 22.5 Å². The summed E-state index contributed by atoms with van der Waals surface area (Å²) >= 11 is 0. The summed E-state index contributed by atoms with van der Waals surface area (Å²) in [7, 11) is 0. The van der Waals surface area contributed by atoms with Gasteiger partial charge in [-0.15, -0.1) is 0 Å². The lowest BCUT2D eigenvalue weighted by Crippen LogP contribution is -2.12. The van der Waals surface area contributed by atoms with E-state index < -0.39 is 5.82 Å². The fourth-order valence-corrected chi connectivity index (χ4v) is 3.82. The van der Waals surface area contributed by atoms with Crippen LogP contribution in [0.25, 0.3) is 33.6 Å². The maximum Gasteiger partial charge on any atom is 0.259 e. The minimum absolute atomic E-state index is 0.0964. The quantitative estimate of drug-likeness (QED) is 0.378. The Bertz CT molecular complexity index is 1580. The normalized spacial score (nSPS) is 10.9. The molecule has 4 aromatic heterocycles. The molecule has 0 radical (unpaired) electrons. The highest BCUT2D eigenvalue weighted by Crippen LogP contribution is 2.38. The largest absolute Gasteiger partial charge is 0.382 e. The summed E-state index contributed by atoms with van der Waals surface area (Å²) in [5.41, 5.74) is 9.01. The zero-order valence-corrected chi connectivity index (χ0v) is 18.5. The molecule has 0 amide bonds. The van der Waals surface area contributed by atoms with E-state index in [1.807, 2.05) is 18.2 Å². The van der Waals surface area contributed by atoms with Crippen LogP contribution in [0.15, 0.2) is 53.4 Å². The van der Waals surface area contributed by atoms with Gasteiger partial charge < -0.3 is 15.6 Å². The molecular formula is C24H18FN9O. The van der Waals surface area contributed by atoms with Crippen LogP contribution in [0.1, 0.15) is 17.1 Å². The summed E-state index contributed by atoms with van der Waals surface area (Å²) in [4.78, 5) is 21.7. The van der Waals surface area contributed by atoms with Crippen molar-refractivity contribution in [3.05, 3.63) is 71.8 Å². The highest BCUT2D eigenvalue weighted by atomic mass is 19.1. The van der Waals surface area contributed by atoms with Gasteiger partial charge in [0.25, 0.3) is 5.89 Å². The first-order chi connectivity index (χ1) is 17.0. The summed E-state index contributed by atoms with van der Waals surface area (Å²) in [6.45, 7) is 2.08. The number of nitrogens with two attached hydrogens (primary N) is 1. The lowest BCUT2D eigenvalue weighted by atomic mass is 9.95. The molecule has 172 valence electrons. The van der Waals surface area contributed by atoms with Crippen LogP contribution in [0.3, 0.4) is 0 Å². The summed E-state index contributed by atoms with van der Waals surface area (Å²) in [6.07, 6.45) is 3.36. The summed E-state index contributed by atoms with van der Waals surface area (Å²) in [6, 6.07) is 11.9. The second kappa shape index (κ2) is 9.11. The number of nitriles is 1. The van der Waals surface area contributed by atoms with Crippen LogP contribution in [0.4, 0.5) is 16.0 Å². The predicted octanol–water partition coefficient (Wildman–Crippen LogP) is 3.69. The lowest BCUT2D eigenvalue weighted by Gasteiger charge is -2.16. The number of aryl methyl sites for hydroxylation is 1. The van der Waals surface area contributed by atoms with Crippen molar-refractivity contribution in [1.82, 2.24) is 30.1 Å². The molecule has 35 heavy (non-hydrogen) atoms. The molecule has 0 bridgehead atoms. The van der Waals surface area contributed by atoms with E-state index in [0.29, 0.717) is 58.0 Å². The predicted molar refractivity (Wildman–Crippen MR) is 126 cm³/mol. The molecule has 0 saturated carbocycles. The van der Waals surface area contributed by atoms with Gasteiger partial charge in [0.2, 0.25) is 0 Å². The van der Waals surface area contributed by atoms with Crippen LogP contribution in [0.5, 0.6) is 0 Å². The van der Waals surface area contributed by atoms with Gasteiger partial charge in [0.15, 0.2) is 5.82 Å². The number of anilines is 2. The lowest BCUT2D eigenvalue weighted by molar-refractivity contribution is 0.426. The Hall–Kier alpha value is -4.98. The Labute approximate surface area is 198 Å². The molecule has 0 unspecified atom stereocenters. The third-order valence-electron chi connectivity index (χ3n) is 5.33. The van der Waals surface area contributed by atoms with E-state index in [1.54, 1.807) is 25.3 Å². The number of nitrogens with one attached hydrogen (secondary N) is 1. The molecule has 0 atom stereocenters. The van der Waals surface area contributed by atoms with Crippen molar-refractivity contribution in [3.8, 4) is 28.8 Å². The summed E-state index contributed by atoms with van der Waals surface area (Å²) in [5, 5.41) is 17.0. The van der Waals surface area contributed by atoms with Crippen LogP contribution < -0.4 is 11.1 Å². The monoisotopic (exact) mass is 467 g/mol. The molecule has 10 nitrogen and oxygen atoms in total. The number of hydrogen-bond donors (Lipinski definition) is 2. The Balaban J connectivity index is 1.65. The molecule has 3 N–H and O–H groups in total. The zero-order chi connectivity index (χ0) is 24.4. The molecule has 0 aliphatic heterocycles. The number of nitrogens with zero attached hydrogens (tertiary/aromatic N) is 7. The van der Waals surface area contributed by atoms with Crippen LogP contribution >= 0.6 is 0 Å². The van der Waals surface area contributed by atoms with Crippen molar-refractivity contribution in [3.63, 3.8) is 0 Å². The molecule has 0 saturated heterocycles. The Morgan fingerprint density at radius 2 is 2.00 bits per heavy atom. The Morgan fingerprint density at radius 1 is 1.11 bits per heavy atom. The van der Waals surface area contributed by atoms with Crippen molar-refractivity contribution in [2.45, 2.75) is 13.3 Å². The first-order valence-corrected chi connectivity index (χ1v) is 10.6. The van der Waals surface area contributed by atoms with E-state index in [2.05, 4.69) is 30.4 Å². The number of nitrogen functional groups attached to an aromatic ring is 1. The van der Waals surface area contributed by atoms with Crippen LogP contribution in [-0.2, 0) is 6.42 Å². The number of hydrogen-bond acceptors (Lipinski definition) is 10. The molecule has 0 aliphatic rings. The molecule has 11 heteroatoms. The smallest absolute Gasteiger partial charge is 0.259 e. The molecule has 1 aromatic carbocycles. The second-order valence-corrected chi connectivity index (χ2v) is 7.60. The van der Waals surface area contributed by atoms with E-state index in [4.69, 9.17) is 15.2 Å². The molecule has 5 aromatic rings. The average Bonchev–Trinajstić information content (AvgIpc) is 3.30. The van der Waals surface area contributed by atoms with Crippen molar-refractivity contribution < 1.29 is 8.91 Å². The van der Waals surface area contributed by atoms with Crippen molar-refractivity contribution in [2.24, 2.45) is 0 Å². The van der Waals surface area contributed by atoms with Gasteiger partial charge in [0.1, 0.15) is 35.4 Å². The average molecular weight is 467 g/mol. The number of pyridine rings is 2. The van der Waals surface area contributed by atoms with Crippen LogP contribution in [0.2, 0.25) is 0 Å². The molecule has 0 spiro atoms. The molecule has 0 aliphatic carbocycles. The molecular weight excluding hydrogens is 449 g/mol. The number of aromatic nitrogens is 6. The maximum absolute atomic E-state index is 14.3. The zero-order valence-electron chi connectivity index (χ0n) is 18.5. The van der Waals surface area contributed by atoms with Gasteiger partial charge >= 0.3 is 0 Å². The summed E-state index contributed by atoms with van der Waals surface area (Å²) in [5.74, 6) is 0.699. The fraction of sp³-hybridized carbons (Fsp3) is 0.125. The minimum atomic E-state index is -0.413. The Kier molecular flexibility index (Phi) is 5.68. The van der Waals surface area contributed by atoms with Gasteiger partial charge in [-0.25, -0.2) is 14.4 Å². The second-order valence-electron chi connectivity index (χ2n) is 7.60. The van der Waals surface area contributed by atoms with E-state index in [9.17, 15) is 9.65 Å². The Morgan fingerprint density at radius 3 is 2.74 bits per heavy atom. The molecule has 4 heterocycles. The van der Waals surface area contributed by atoms with Crippen molar-refractivity contribution >= 4 is 22.5 Å². The van der Waals surface area contributed by atoms with Gasteiger partial charge in [-0.05, 0) is 37.3 Å². The standard InChI is InChI=1S/C24H18FN9O/c1-13-32-24(35-34-13)20-15-10-14(25)5-6-17(15)33-19(21(20)18-4-2-3-8-28-18)7-9-29-23-16(11-26)22(27)30-12-31-23/h2-6,8,10,12H,7,9H2,1H3,(H3,27,29,30,31). The van der Waals surface area contributed by atoms with E-state index in [0.717, 1.165) is 0 Å². The first kappa shape index (κ1) is 21.8. The highest BCUT2D eigenvalue weighted by molar-refractivity contribution is 6.00. The van der Waals surface area contributed by atoms with E-state index >= 15 is 0 Å². The number of halogens is 1. The third kappa shape index (κ3) is 4.20. The topological polar surface area (TPSA) is 152 Å². The van der Waals surface area contributed by atoms with Crippen molar-refractivity contribution in [2.75, 3.05) is 17.6 Å². The van der Waals surface area contributed by atoms with Crippen molar-refractivity contribution in [1.29, 1.82) is 5.26 Å². The van der Waals surface area contributed by atoms with Gasteiger partial charge in [-0.1, -0.05) is 11.2 Å². The molecule has 5 rings (SSSR count). The van der Waals surface area contributed by atoms with Gasteiger partial charge in [-0.2, -0.15) is 10.2 Å². The van der Waals surface area contributed by atoms with Gasteiger partial charge in [0, 0.05) is 30.1 Å². The van der Waals surface area contributed by atoms with Gasteiger partial charge in [-0.3, -0.25) is 9.97 Å².